The zero-order valence-electron chi connectivity index (χ0n) is 8.15. The molecule has 0 aliphatic carbocycles. The number of nitrogens with zero attached hydrogens (tertiary/aromatic N) is 1. The van der Waals surface area contributed by atoms with Crippen LogP contribution in [0, 0.1) is 0 Å². The normalized spacial score (nSPS) is 27.5. The van der Waals surface area contributed by atoms with Crippen LogP contribution in [-0.4, -0.2) is 60.2 Å². The fourth-order valence-electron chi connectivity index (χ4n) is 1.50. The molecule has 1 aliphatic heterocycles. The Kier molecular flexibility index (Phi) is 4.66. The molecule has 0 aromatic heterocycles. The number of aliphatic hydroxyl groups is 2. The van der Waals surface area contributed by atoms with E-state index >= 15 is 0 Å². The van der Waals surface area contributed by atoms with E-state index in [0.717, 1.165) is 26.1 Å². The van der Waals surface area contributed by atoms with Crippen LogP contribution in [0.15, 0.2) is 0 Å². The van der Waals surface area contributed by atoms with E-state index in [1.807, 2.05) is 0 Å². The predicted octanol–water partition coefficient (Wildman–Crippen LogP) is -0.550. The van der Waals surface area contributed by atoms with Crippen molar-refractivity contribution >= 4 is 0 Å². The average molecular weight is 189 g/mol. The first-order valence-electron chi connectivity index (χ1n) is 4.84. The Labute approximate surface area is 79.1 Å². The first-order chi connectivity index (χ1) is 6.24. The molecule has 1 saturated heterocycles. The van der Waals surface area contributed by atoms with Gasteiger partial charge in [-0.05, 0) is 13.3 Å². The van der Waals surface area contributed by atoms with Gasteiger partial charge in [0.2, 0.25) is 0 Å². The van der Waals surface area contributed by atoms with Gasteiger partial charge in [-0.25, -0.2) is 0 Å². The summed E-state index contributed by atoms with van der Waals surface area (Å²) < 4.78 is 5.25. The molecule has 13 heavy (non-hydrogen) atoms. The van der Waals surface area contributed by atoms with Crippen LogP contribution >= 0.6 is 0 Å². The second-order valence-electron chi connectivity index (χ2n) is 3.58. The lowest BCUT2D eigenvalue weighted by Crippen LogP contribution is -2.48. The predicted molar refractivity (Wildman–Crippen MR) is 49.6 cm³/mol. The van der Waals surface area contributed by atoms with Gasteiger partial charge in [-0.3, -0.25) is 4.90 Å². The van der Waals surface area contributed by atoms with E-state index in [-0.39, 0.29) is 18.8 Å². The van der Waals surface area contributed by atoms with Gasteiger partial charge in [-0.2, -0.15) is 0 Å². The van der Waals surface area contributed by atoms with Gasteiger partial charge < -0.3 is 14.9 Å². The molecule has 2 atom stereocenters. The van der Waals surface area contributed by atoms with Crippen LogP contribution in [0.5, 0.6) is 0 Å². The van der Waals surface area contributed by atoms with Crippen molar-refractivity contribution in [2.24, 2.45) is 0 Å². The highest BCUT2D eigenvalue weighted by molar-refractivity contribution is 4.74. The first-order valence-corrected chi connectivity index (χ1v) is 4.84. The number of morpholine rings is 1. The summed E-state index contributed by atoms with van der Waals surface area (Å²) in [5, 5.41) is 18.2. The van der Waals surface area contributed by atoms with Crippen molar-refractivity contribution in [3.63, 3.8) is 0 Å². The average Bonchev–Trinajstić information content (AvgIpc) is 2.15. The van der Waals surface area contributed by atoms with Gasteiger partial charge >= 0.3 is 0 Å². The van der Waals surface area contributed by atoms with Crippen LogP contribution in [-0.2, 0) is 4.74 Å². The van der Waals surface area contributed by atoms with E-state index < -0.39 is 0 Å². The Morgan fingerprint density at radius 1 is 1.62 bits per heavy atom. The topological polar surface area (TPSA) is 52.9 Å². The highest BCUT2D eigenvalue weighted by Crippen LogP contribution is 2.07. The SMILES string of the molecule is CC(O)CCN1CCOCC1CO. The molecular formula is C9H19NO3. The standard InChI is InChI=1S/C9H19NO3/c1-8(12)2-3-10-4-5-13-7-9(10)6-11/h8-9,11-12H,2-7H2,1H3. The number of hydrogen-bond donors (Lipinski definition) is 2. The van der Waals surface area contributed by atoms with Crippen molar-refractivity contribution in [2.75, 3.05) is 32.9 Å². The lowest BCUT2D eigenvalue weighted by molar-refractivity contribution is -0.0313. The smallest absolute Gasteiger partial charge is 0.0644 e. The Balaban J connectivity index is 2.27. The maximum Gasteiger partial charge on any atom is 0.0644 e. The lowest BCUT2D eigenvalue weighted by Gasteiger charge is -2.34. The molecule has 2 N–H and O–H groups in total. The molecule has 78 valence electrons. The van der Waals surface area contributed by atoms with Gasteiger partial charge in [-0.15, -0.1) is 0 Å². The largest absolute Gasteiger partial charge is 0.395 e. The summed E-state index contributed by atoms with van der Waals surface area (Å²) >= 11 is 0. The first kappa shape index (κ1) is 10.9. The quantitative estimate of drug-likeness (QED) is 0.623. The minimum atomic E-state index is -0.262. The highest BCUT2D eigenvalue weighted by Gasteiger charge is 2.21. The van der Waals surface area contributed by atoms with Gasteiger partial charge in [0.05, 0.1) is 32.0 Å². The third kappa shape index (κ3) is 3.60. The van der Waals surface area contributed by atoms with Crippen molar-refractivity contribution in [1.29, 1.82) is 0 Å². The summed E-state index contributed by atoms with van der Waals surface area (Å²) in [6.45, 7) is 4.96. The Morgan fingerprint density at radius 2 is 2.38 bits per heavy atom. The molecule has 0 radical (unpaired) electrons. The van der Waals surface area contributed by atoms with Crippen molar-refractivity contribution < 1.29 is 14.9 Å². The molecular weight excluding hydrogens is 170 g/mol. The molecule has 4 nitrogen and oxygen atoms in total. The second-order valence-corrected chi connectivity index (χ2v) is 3.58. The molecule has 0 amide bonds. The van der Waals surface area contributed by atoms with Gasteiger partial charge in [0.15, 0.2) is 0 Å². The van der Waals surface area contributed by atoms with E-state index in [2.05, 4.69) is 4.90 Å². The summed E-state index contributed by atoms with van der Waals surface area (Å²) in [5.41, 5.74) is 0. The number of ether oxygens (including phenoxy) is 1. The minimum Gasteiger partial charge on any atom is -0.395 e. The van der Waals surface area contributed by atoms with Crippen LogP contribution in [0.1, 0.15) is 13.3 Å². The summed E-state index contributed by atoms with van der Waals surface area (Å²) in [6, 6.07) is 0.118. The fourth-order valence-corrected chi connectivity index (χ4v) is 1.50. The van der Waals surface area contributed by atoms with E-state index in [0.29, 0.717) is 6.61 Å². The van der Waals surface area contributed by atoms with Gasteiger partial charge in [0.1, 0.15) is 0 Å². The molecule has 1 heterocycles. The minimum absolute atomic E-state index is 0.118. The van der Waals surface area contributed by atoms with Crippen molar-refractivity contribution in [2.45, 2.75) is 25.5 Å². The molecule has 1 fully saturated rings. The van der Waals surface area contributed by atoms with Crippen LogP contribution < -0.4 is 0 Å². The number of aliphatic hydroxyl groups excluding tert-OH is 2. The van der Waals surface area contributed by atoms with Crippen LogP contribution in [0.4, 0.5) is 0 Å². The Bertz CT molecular complexity index is 141. The number of rotatable bonds is 4. The molecule has 0 aromatic rings. The van der Waals surface area contributed by atoms with Crippen molar-refractivity contribution in [1.82, 2.24) is 4.90 Å². The van der Waals surface area contributed by atoms with E-state index in [1.54, 1.807) is 6.92 Å². The fraction of sp³-hybridized carbons (Fsp3) is 1.00. The van der Waals surface area contributed by atoms with Crippen LogP contribution in [0.2, 0.25) is 0 Å². The monoisotopic (exact) mass is 189 g/mol. The maximum atomic E-state index is 9.12. The van der Waals surface area contributed by atoms with Crippen molar-refractivity contribution in [3.8, 4) is 0 Å². The molecule has 1 rings (SSSR count). The second kappa shape index (κ2) is 5.54. The summed E-state index contributed by atoms with van der Waals surface area (Å²) in [5.74, 6) is 0. The zero-order valence-corrected chi connectivity index (χ0v) is 8.15. The lowest BCUT2D eigenvalue weighted by atomic mass is 10.2. The Hall–Kier alpha value is -0.160. The molecule has 0 bridgehead atoms. The van der Waals surface area contributed by atoms with E-state index in [9.17, 15) is 0 Å². The zero-order chi connectivity index (χ0) is 9.68. The third-order valence-electron chi connectivity index (χ3n) is 2.39. The molecule has 0 saturated carbocycles. The maximum absolute atomic E-state index is 9.12. The molecule has 0 spiro atoms. The van der Waals surface area contributed by atoms with Gasteiger partial charge in [0.25, 0.3) is 0 Å². The molecule has 1 aliphatic rings. The molecule has 4 heteroatoms. The number of hydrogen-bond acceptors (Lipinski definition) is 4. The summed E-state index contributed by atoms with van der Waals surface area (Å²) in [4.78, 5) is 2.18. The van der Waals surface area contributed by atoms with E-state index in [1.165, 1.54) is 0 Å². The molecule has 2 unspecified atom stereocenters. The highest BCUT2D eigenvalue weighted by atomic mass is 16.5. The molecule has 0 aromatic carbocycles. The summed E-state index contributed by atoms with van der Waals surface area (Å²) in [7, 11) is 0. The summed E-state index contributed by atoms with van der Waals surface area (Å²) in [6.07, 6.45) is 0.499. The van der Waals surface area contributed by atoms with Crippen LogP contribution in [0.3, 0.4) is 0 Å². The van der Waals surface area contributed by atoms with Gasteiger partial charge in [-0.1, -0.05) is 0 Å². The van der Waals surface area contributed by atoms with E-state index in [4.69, 9.17) is 14.9 Å². The van der Waals surface area contributed by atoms with Gasteiger partial charge in [0, 0.05) is 13.1 Å². The third-order valence-corrected chi connectivity index (χ3v) is 2.39. The van der Waals surface area contributed by atoms with Crippen LogP contribution in [0.25, 0.3) is 0 Å². The van der Waals surface area contributed by atoms with Crippen molar-refractivity contribution in [3.05, 3.63) is 0 Å². The Morgan fingerprint density at radius 3 is 3.00 bits per heavy atom.